The van der Waals surface area contributed by atoms with Crippen molar-refractivity contribution in [1.29, 1.82) is 0 Å². The summed E-state index contributed by atoms with van der Waals surface area (Å²) in [7, 11) is 2.92. The highest BCUT2D eigenvalue weighted by Crippen LogP contribution is 2.31. The molecule has 6 heteroatoms. The molecule has 0 saturated carbocycles. The second kappa shape index (κ2) is 6.22. The predicted molar refractivity (Wildman–Crippen MR) is 82.4 cm³/mol. The smallest absolute Gasteiger partial charge is 0.339 e. The van der Waals surface area contributed by atoms with Crippen LogP contribution >= 0.6 is 15.9 Å². The van der Waals surface area contributed by atoms with Gasteiger partial charge in [-0.25, -0.2) is 4.79 Å². The number of esters is 1. The molecule has 1 heterocycles. The number of methoxy groups -OCH3 is 2. The highest BCUT2D eigenvalue weighted by Gasteiger charge is 2.39. The Morgan fingerprint density at radius 1 is 1.29 bits per heavy atom. The van der Waals surface area contributed by atoms with Crippen molar-refractivity contribution in [3.8, 4) is 5.75 Å². The lowest BCUT2D eigenvalue weighted by molar-refractivity contribution is -0.146. The Morgan fingerprint density at radius 2 is 2.05 bits per heavy atom. The number of carbonyl (C=O) groups excluding carboxylic acids is 1. The maximum Gasteiger partial charge on any atom is 0.339 e. The second-order valence-electron chi connectivity index (χ2n) is 4.58. The Kier molecular flexibility index (Phi) is 4.57. The Labute approximate surface area is 131 Å². The number of carbonyl (C=O) groups is 1. The van der Waals surface area contributed by atoms with Crippen molar-refractivity contribution < 1.29 is 18.7 Å². The molecule has 1 aromatic carbocycles. The van der Waals surface area contributed by atoms with E-state index in [9.17, 15) is 4.79 Å². The Morgan fingerprint density at radius 3 is 2.62 bits per heavy atom. The van der Waals surface area contributed by atoms with Crippen molar-refractivity contribution in [3.05, 3.63) is 46.8 Å². The van der Waals surface area contributed by atoms with Crippen LogP contribution < -0.4 is 10.1 Å². The first-order valence-electron chi connectivity index (χ1n) is 6.26. The maximum absolute atomic E-state index is 12.2. The molecule has 2 aromatic rings. The van der Waals surface area contributed by atoms with Gasteiger partial charge in [0.25, 0.3) is 0 Å². The van der Waals surface area contributed by atoms with Gasteiger partial charge in [0.1, 0.15) is 11.5 Å². The zero-order chi connectivity index (χ0) is 15.5. The van der Waals surface area contributed by atoms with Crippen LogP contribution in [0, 0.1) is 0 Å². The molecule has 0 aliphatic carbocycles. The fourth-order valence-corrected chi connectivity index (χ4v) is 2.30. The standard InChI is InChI=1S/C15H16BrNO4/c1-15(14(18)20-3,12-7-8-13(16)21-12)17-10-5-4-6-11(9-10)19-2/h4-9,17H,1-3H3. The summed E-state index contributed by atoms with van der Waals surface area (Å²) in [5.41, 5.74) is -0.428. The lowest BCUT2D eigenvalue weighted by Gasteiger charge is -2.27. The van der Waals surface area contributed by atoms with Crippen LogP contribution in [0.25, 0.3) is 0 Å². The van der Waals surface area contributed by atoms with E-state index in [1.165, 1.54) is 7.11 Å². The number of anilines is 1. The highest BCUT2D eigenvalue weighted by atomic mass is 79.9. The first-order valence-corrected chi connectivity index (χ1v) is 7.05. The maximum atomic E-state index is 12.2. The SMILES string of the molecule is COC(=O)C(C)(Nc1cccc(OC)c1)c1ccc(Br)o1. The summed E-state index contributed by atoms with van der Waals surface area (Å²) < 4.78 is 16.1. The quantitative estimate of drug-likeness (QED) is 0.832. The van der Waals surface area contributed by atoms with Crippen molar-refractivity contribution in [1.82, 2.24) is 0 Å². The van der Waals surface area contributed by atoms with E-state index in [2.05, 4.69) is 21.2 Å². The third-order valence-electron chi connectivity index (χ3n) is 3.12. The first kappa shape index (κ1) is 15.4. The summed E-state index contributed by atoms with van der Waals surface area (Å²) >= 11 is 3.24. The number of halogens is 1. The summed E-state index contributed by atoms with van der Waals surface area (Å²) in [6.07, 6.45) is 0. The van der Waals surface area contributed by atoms with Crippen LogP contribution in [0.4, 0.5) is 5.69 Å². The van der Waals surface area contributed by atoms with Gasteiger partial charge >= 0.3 is 5.97 Å². The zero-order valence-electron chi connectivity index (χ0n) is 12.0. The van der Waals surface area contributed by atoms with Gasteiger partial charge in [0.2, 0.25) is 0 Å². The molecule has 5 nitrogen and oxygen atoms in total. The lowest BCUT2D eigenvalue weighted by Crippen LogP contribution is -2.41. The molecule has 1 aromatic heterocycles. The third kappa shape index (κ3) is 3.21. The van der Waals surface area contributed by atoms with Crippen molar-refractivity contribution in [2.24, 2.45) is 0 Å². The van der Waals surface area contributed by atoms with Gasteiger partial charge < -0.3 is 19.2 Å². The van der Waals surface area contributed by atoms with Crippen LogP contribution in [-0.4, -0.2) is 20.2 Å². The molecule has 2 rings (SSSR count). The number of furan rings is 1. The third-order valence-corrected chi connectivity index (χ3v) is 3.55. The molecule has 0 spiro atoms. The van der Waals surface area contributed by atoms with Crippen LogP contribution in [0.1, 0.15) is 12.7 Å². The second-order valence-corrected chi connectivity index (χ2v) is 5.36. The number of ether oxygens (including phenoxy) is 2. The van der Waals surface area contributed by atoms with Gasteiger partial charge in [-0.15, -0.1) is 0 Å². The van der Waals surface area contributed by atoms with Crippen LogP contribution in [0.5, 0.6) is 5.75 Å². The van der Waals surface area contributed by atoms with Crippen LogP contribution in [0.15, 0.2) is 45.5 Å². The average molecular weight is 354 g/mol. The molecule has 0 radical (unpaired) electrons. The van der Waals surface area contributed by atoms with Gasteiger partial charge in [-0.1, -0.05) is 6.07 Å². The molecule has 0 bridgehead atoms. The average Bonchev–Trinajstić information content (AvgIpc) is 2.93. The minimum absolute atomic E-state index is 0.448. The van der Waals surface area contributed by atoms with Crippen LogP contribution in [-0.2, 0) is 15.1 Å². The van der Waals surface area contributed by atoms with E-state index in [0.717, 1.165) is 5.69 Å². The molecule has 0 aliphatic heterocycles. The summed E-state index contributed by atoms with van der Waals surface area (Å²) in [6.45, 7) is 1.70. The monoisotopic (exact) mass is 353 g/mol. The molecule has 0 amide bonds. The number of rotatable bonds is 5. The number of hydrogen-bond donors (Lipinski definition) is 1. The van der Waals surface area contributed by atoms with Gasteiger partial charge in [0.05, 0.1) is 14.2 Å². The fourth-order valence-electron chi connectivity index (χ4n) is 1.99. The Bertz CT molecular complexity index is 640. The Balaban J connectivity index is 2.38. The van der Waals surface area contributed by atoms with E-state index in [1.807, 2.05) is 18.2 Å². The molecular formula is C15H16BrNO4. The van der Waals surface area contributed by atoms with Gasteiger partial charge in [0.15, 0.2) is 10.2 Å². The Hall–Kier alpha value is -1.95. The van der Waals surface area contributed by atoms with E-state index in [4.69, 9.17) is 13.9 Å². The van der Waals surface area contributed by atoms with Crippen molar-refractivity contribution >= 4 is 27.6 Å². The largest absolute Gasteiger partial charge is 0.497 e. The summed E-state index contributed by atoms with van der Waals surface area (Å²) in [5.74, 6) is 0.684. The van der Waals surface area contributed by atoms with E-state index in [1.54, 1.807) is 32.2 Å². The fraction of sp³-hybridized carbons (Fsp3) is 0.267. The predicted octanol–water partition coefficient (Wildman–Crippen LogP) is 3.55. The molecule has 1 atom stereocenters. The van der Waals surface area contributed by atoms with E-state index in [0.29, 0.717) is 16.2 Å². The lowest BCUT2D eigenvalue weighted by atomic mass is 9.98. The zero-order valence-corrected chi connectivity index (χ0v) is 13.6. The molecule has 1 N–H and O–H groups in total. The number of nitrogens with one attached hydrogen (secondary N) is 1. The van der Waals surface area contributed by atoms with Crippen molar-refractivity contribution in [2.45, 2.75) is 12.5 Å². The summed E-state index contributed by atoms with van der Waals surface area (Å²) in [5, 5.41) is 3.14. The normalized spacial score (nSPS) is 13.3. The topological polar surface area (TPSA) is 60.7 Å². The highest BCUT2D eigenvalue weighted by molar-refractivity contribution is 9.10. The molecule has 1 unspecified atom stereocenters. The van der Waals surface area contributed by atoms with Gasteiger partial charge in [-0.2, -0.15) is 0 Å². The minimum atomic E-state index is -1.15. The van der Waals surface area contributed by atoms with Crippen molar-refractivity contribution in [3.63, 3.8) is 0 Å². The molecule has 112 valence electrons. The van der Waals surface area contributed by atoms with Gasteiger partial charge in [-0.3, -0.25) is 0 Å². The molecule has 21 heavy (non-hydrogen) atoms. The summed E-state index contributed by atoms with van der Waals surface area (Å²) in [6, 6.07) is 10.7. The van der Waals surface area contributed by atoms with Gasteiger partial charge in [0, 0.05) is 11.8 Å². The van der Waals surface area contributed by atoms with E-state index < -0.39 is 11.5 Å². The van der Waals surface area contributed by atoms with Gasteiger partial charge in [-0.05, 0) is 47.1 Å². The first-order chi connectivity index (χ1) is 9.99. The minimum Gasteiger partial charge on any atom is -0.497 e. The number of benzene rings is 1. The van der Waals surface area contributed by atoms with Crippen LogP contribution in [0.2, 0.25) is 0 Å². The molecular weight excluding hydrogens is 338 g/mol. The molecule has 0 saturated heterocycles. The van der Waals surface area contributed by atoms with Crippen LogP contribution in [0.3, 0.4) is 0 Å². The van der Waals surface area contributed by atoms with Crippen molar-refractivity contribution in [2.75, 3.05) is 19.5 Å². The summed E-state index contributed by atoms with van der Waals surface area (Å²) in [4.78, 5) is 12.2. The van der Waals surface area contributed by atoms with E-state index in [-0.39, 0.29) is 0 Å². The van der Waals surface area contributed by atoms with E-state index >= 15 is 0 Å². The molecule has 0 fully saturated rings. The number of hydrogen-bond acceptors (Lipinski definition) is 5. The molecule has 0 aliphatic rings.